The van der Waals surface area contributed by atoms with Crippen LogP contribution in [-0.4, -0.2) is 62.7 Å². The Kier molecular flexibility index (Phi) is 6.40. The fourth-order valence-electron chi connectivity index (χ4n) is 3.17. The summed E-state index contributed by atoms with van der Waals surface area (Å²) in [5.74, 6) is 0. The average molecular weight is 393 g/mol. The number of carbonyl (C=O) groups excluding carboxylic acids is 1. The van der Waals surface area contributed by atoms with E-state index in [-0.39, 0.29) is 12.1 Å². The zero-order valence-corrected chi connectivity index (χ0v) is 16.8. The van der Waals surface area contributed by atoms with E-state index < -0.39 is 0 Å². The van der Waals surface area contributed by atoms with Crippen LogP contribution in [0.25, 0.3) is 0 Å². The molecular weight excluding hydrogens is 368 g/mol. The van der Waals surface area contributed by atoms with Crippen LogP contribution in [0.15, 0.2) is 41.8 Å². The number of piperazine rings is 1. The van der Waals surface area contributed by atoms with Crippen molar-refractivity contribution < 1.29 is 4.79 Å². The second-order valence-electron chi connectivity index (χ2n) is 6.61. The van der Waals surface area contributed by atoms with Crippen molar-refractivity contribution in [2.24, 2.45) is 0 Å². The number of halogens is 1. The van der Waals surface area contributed by atoms with E-state index in [1.807, 2.05) is 49.3 Å². The van der Waals surface area contributed by atoms with Gasteiger partial charge in [-0.05, 0) is 37.7 Å². The number of anilines is 1. The van der Waals surface area contributed by atoms with Gasteiger partial charge in [0.1, 0.15) is 0 Å². The van der Waals surface area contributed by atoms with Crippen LogP contribution >= 0.6 is 22.9 Å². The molecule has 1 aliphatic rings. The molecule has 5 nitrogen and oxygen atoms in total. The van der Waals surface area contributed by atoms with Gasteiger partial charge in [0, 0.05) is 37.6 Å². The van der Waals surface area contributed by atoms with Crippen LogP contribution in [-0.2, 0) is 0 Å². The smallest absolute Gasteiger partial charge is 0.317 e. The minimum absolute atomic E-state index is 0.00668. The molecule has 140 valence electrons. The van der Waals surface area contributed by atoms with Gasteiger partial charge in [0.05, 0.1) is 16.8 Å². The molecule has 0 aliphatic carbocycles. The zero-order chi connectivity index (χ0) is 18.5. The van der Waals surface area contributed by atoms with Gasteiger partial charge in [0.25, 0.3) is 0 Å². The number of carbonyl (C=O) groups is 1. The highest BCUT2D eigenvalue weighted by Crippen LogP contribution is 2.26. The van der Waals surface area contributed by atoms with Gasteiger partial charge in [-0.25, -0.2) is 4.79 Å². The van der Waals surface area contributed by atoms with Crippen molar-refractivity contribution in [2.75, 3.05) is 51.7 Å². The van der Waals surface area contributed by atoms with Crippen LogP contribution in [0, 0.1) is 0 Å². The molecule has 2 aromatic rings. The summed E-state index contributed by atoms with van der Waals surface area (Å²) in [5, 5.41) is 5.93. The first-order chi connectivity index (χ1) is 12.6. The number of likely N-dealkylation sites (N-methyl/N-ethyl adjacent to an activating group) is 1. The predicted octanol–water partition coefficient (Wildman–Crippen LogP) is 3.54. The monoisotopic (exact) mass is 392 g/mol. The van der Waals surface area contributed by atoms with Crippen molar-refractivity contribution in [1.82, 2.24) is 15.1 Å². The normalized spacial score (nSPS) is 16.0. The molecule has 3 rings (SSSR count). The number of urea groups is 1. The van der Waals surface area contributed by atoms with E-state index in [1.165, 1.54) is 4.88 Å². The fraction of sp³-hybridized carbons (Fsp3) is 0.421. The molecule has 1 N–H and O–H groups in total. The quantitative estimate of drug-likeness (QED) is 0.845. The van der Waals surface area contributed by atoms with Crippen LogP contribution in [0.4, 0.5) is 10.5 Å². The van der Waals surface area contributed by atoms with Gasteiger partial charge in [-0.15, -0.1) is 11.3 Å². The molecule has 1 saturated heterocycles. The number of amides is 2. The van der Waals surface area contributed by atoms with E-state index in [0.717, 1.165) is 23.8 Å². The molecule has 1 aromatic heterocycles. The SMILES string of the molecule is CN(C)C(CNC(=O)N1CCN(c2ccccc2Cl)CC1)c1cccs1. The molecular formula is C19H25ClN4OS. The maximum Gasteiger partial charge on any atom is 0.317 e. The number of para-hydroxylation sites is 1. The lowest BCUT2D eigenvalue weighted by atomic mass is 10.2. The number of nitrogens with zero attached hydrogens (tertiary/aromatic N) is 3. The first kappa shape index (κ1) is 19.0. The van der Waals surface area contributed by atoms with Crippen molar-refractivity contribution in [3.8, 4) is 0 Å². The van der Waals surface area contributed by atoms with Crippen LogP contribution < -0.4 is 10.2 Å². The number of thiophene rings is 1. The zero-order valence-electron chi connectivity index (χ0n) is 15.2. The molecule has 1 aliphatic heterocycles. The maximum absolute atomic E-state index is 12.6. The third-order valence-electron chi connectivity index (χ3n) is 4.70. The highest BCUT2D eigenvalue weighted by atomic mass is 35.5. The summed E-state index contributed by atoms with van der Waals surface area (Å²) < 4.78 is 0. The maximum atomic E-state index is 12.6. The molecule has 7 heteroatoms. The molecule has 1 atom stereocenters. The Bertz CT molecular complexity index is 714. The van der Waals surface area contributed by atoms with Gasteiger partial charge in [-0.1, -0.05) is 29.8 Å². The van der Waals surface area contributed by atoms with Crippen LogP contribution in [0.3, 0.4) is 0 Å². The summed E-state index contributed by atoms with van der Waals surface area (Å²) >= 11 is 8.00. The second-order valence-corrected chi connectivity index (χ2v) is 7.99. The van der Waals surface area contributed by atoms with Crippen molar-refractivity contribution in [1.29, 1.82) is 0 Å². The Balaban J connectivity index is 1.51. The van der Waals surface area contributed by atoms with Gasteiger partial charge in [-0.3, -0.25) is 0 Å². The molecule has 2 heterocycles. The van der Waals surface area contributed by atoms with Crippen molar-refractivity contribution in [2.45, 2.75) is 6.04 Å². The third-order valence-corrected chi connectivity index (χ3v) is 5.99. The lowest BCUT2D eigenvalue weighted by molar-refractivity contribution is 0.189. The van der Waals surface area contributed by atoms with E-state index in [0.29, 0.717) is 19.6 Å². The third kappa shape index (κ3) is 4.50. The molecule has 1 fully saturated rings. The topological polar surface area (TPSA) is 38.8 Å². The molecule has 2 amide bonds. The highest BCUT2D eigenvalue weighted by Gasteiger charge is 2.23. The Labute approximate surface area is 164 Å². The average Bonchev–Trinajstić information content (AvgIpc) is 3.16. The van der Waals surface area contributed by atoms with E-state index in [9.17, 15) is 4.79 Å². The van der Waals surface area contributed by atoms with Gasteiger partial charge in [-0.2, -0.15) is 0 Å². The lowest BCUT2D eigenvalue weighted by Gasteiger charge is -2.36. The summed E-state index contributed by atoms with van der Waals surface area (Å²) in [6, 6.07) is 12.2. The van der Waals surface area contributed by atoms with E-state index in [4.69, 9.17) is 11.6 Å². The molecule has 0 spiro atoms. The Morgan fingerprint density at radius 2 is 1.92 bits per heavy atom. The van der Waals surface area contributed by atoms with Gasteiger partial charge >= 0.3 is 6.03 Å². The molecule has 1 unspecified atom stereocenters. The number of hydrogen-bond donors (Lipinski definition) is 1. The molecule has 0 bridgehead atoms. The predicted molar refractivity (Wildman–Crippen MR) is 109 cm³/mol. The first-order valence-electron chi connectivity index (χ1n) is 8.78. The van der Waals surface area contributed by atoms with Gasteiger partial charge in [0.2, 0.25) is 0 Å². The lowest BCUT2D eigenvalue weighted by Crippen LogP contribution is -2.52. The standard InChI is InChI=1S/C19H25ClN4OS/c1-22(2)17(18-8-5-13-26-18)14-21-19(25)24-11-9-23(10-12-24)16-7-4-3-6-15(16)20/h3-8,13,17H,9-12,14H2,1-2H3,(H,21,25). The minimum atomic E-state index is 0.00668. The Morgan fingerprint density at radius 3 is 2.54 bits per heavy atom. The number of nitrogens with one attached hydrogen (secondary N) is 1. The summed E-state index contributed by atoms with van der Waals surface area (Å²) in [6.07, 6.45) is 0. The summed E-state index contributed by atoms with van der Waals surface area (Å²) in [6.45, 7) is 3.58. The summed E-state index contributed by atoms with van der Waals surface area (Å²) in [5.41, 5.74) is 1.04. The minimum Gasteiger partial charge on any atom is -0.367 e. The number of hydrogen-bond acceptors (Lipinski definition) is 4. The highest BCUT2D eigenvalue weighted by molar-refractivity contribution is 7.10. The van der Waals surface area contributed by atoms with Crippen LogP contribution in [0.5, 0.6) is 0 Å². The fourth-order valence-corrected chi connectivity index (χ4v) is 4.35. The molecule has 26 heavy (non-hydrogen) atoms. The van der Waals surface area contributed by atoms with E-state index in [2.05, 4.69) is 26.6 Å². The summed E-state index contributed by atoms with van der Waals surface area (Å²) in [4.78, 5) is 20.1. The molecule has 1 aromatic carbocycles. The van der Waals surface area contributed by atoms with E-state index in [1.54, 1.807) is 11.3 Å². The van der Waals surface area contributed by atoms with E-state index >= 15 is 0 Å². The van der Waals surface area contributed by atoms with Crippen LogP contribution in [0.1, 0.15) is 10.9 Å². The van der Waals surface area contributed by atoms with Crippen molar-refractivity contribution in [3.05, 3.63) is 51.7 Å². The van der Waals surface area contributed by atoms with Gasteiger partial charge in [0.15, 0.2) is 0 Å². The van der Waals surface area contributed by atoms with Gasteiger partial charge < -0.3 is 20.0 Å². The van der Waals surface area contributed by atoms with Crippen molar-refractivity contribution in [3.63, 3.8) is 0 Å². The largest absolute Gasteiger partial charge is 0.367 e. The van der Waals surface area contributed by atoms with Crippen LogP contribution in [0.2, 0.25) is 5.02 Å². The number of rotatable bonds is 5. The van der Waals surface area contributed by atoms with Crippen molar-refractivity contribution >= 4 is 34.7 Å². The Hall–Kier alpha value is -1.76. The second kappa shape index (κ2) is 8.75. The molecule has 0 radical (unpaired) electrons. The number of benzene rings is 1. The molecule has 0 saturated carbocycles. The Morgan fingerprint density at radius 1 is 1.19 bits per heavy atom. The summed E-state index contributed by atoms with van der Waals surface area (Å²) in [7, 11) is 4.08. The first-order valence-corrected chi connectivity index (χ1v) is 10.0.